The van der Waals surface area contributed by atoms with Gasteiger partial charge < -0.3 is 15.4 Å². The van der Waals surface area contributed by atoms with Gasteiger partial charge in [-0.15, -0.1) is 0 Å². The summed E-state index contributed by atoms with van der Waals surface area (Å²) in [6, 6.07) is 8.28. The lowest BCUT2D eigenvalue weighted by atomic mass is 9.92. The van der Waals surface area contributed by atoms with Crippen molar-refractivity contribution in [3.63, 3.8) is 0 Å². The molecule has 1 aliphatic rings. The zero-order valence-corrected chi connectivity index (χ0v) is 12.3. The fourth-order valence-corrected chi connectivity index (χ4v) is 2.64. The van der Waals surface area contributed by atoms with E-state index in [-0.39, 0.29) is 11.8 Å². The standard InChI is InChI=1S/C16H24N2O2/c1-3-20-15-7-5-4-6-14(15)11-18-16(19)13-8-9-17-12(2)10-13/h4-7,12-13,17H,3,8-11H2,1-2H3,(H,18,19)/t12-,13-/m0/s1. The van der Waals surface area contributed by atoms with Crippen molar-refractivity contribution in [2.24, 2.45) is 5.92 Å². The van der Waals surface area contributed by atoms with Crippen LogP contribution >= 0.6 is 0 Å². The minimum absolute atomic E-state index is 0.130. The van der Waals surface area contributed by atoms with E-state index in [4.69, 9.17) is 4.74 Å². The van der Waals surface area contributed by atoms with Crippen LogP contribution in [-0.4, -0.2) is 25.1 Å². The van der Waals surface area contributed by atoms with Crippen LogP contribution in [0.2, 0.25) is 0 Å². The topological polar surface area (TPSA) is 50.4 Å². The van der Waals surface area contributed by atoms with E-state index >= 15 is 0 Å². The molecule has 1 aromatic carbocycles. The molecule has 0 radical (unpaired) electrons. The van der Waals surface area contributed by atoms with Crippen LogP contribution in [0.15, 0.2) is 24.3 Å². The Labute approximate surface area is 120 Å². The van der Waals surface area contributed by atoms with Crippen molar-refractivity contribution in [3.8, 4) is 5.75 Å². The van der Waals surface area contributed by atoms with E-state index in [0.717, 1.165) is 30.7 Å². The molecule has 1 amide bonds. The SMILES string of the molecule is CCOc1ccccc1CNC(=O)[C@H]1CCN[C@@H](C)C1. The number of hydrogen-bond donors (Lipinski definition) is 2. The first kappa shape index (κ1) is 14.9. The summed E-state index contributed by atoms with van der Waals surface area (Å²) in [5.41, 5.74) is 1.03. The second-order valence-electron chi connectivity index (χ2n) is 5.34. The Morgan fingerprint density at radius 3 is 3.00 bits per heavy atom. The minimum atomic E-state index is 0.130. The average Bonchev–Trinajstić information content (AvgIpc) is 2.46. The lowest BCUT2D eigenvalue weighted by molar-refractivity contribution is -0.126. The van der Waals surface area contributed by atoms with Gasteiger partial charge in [0.2, 0.25) is 5.91 Å². The van der Waals surface area contributed by atoms with E-state index in [1.54, 1.807) is 0 Å². The number of carbonyl (C=O) groups excluding carboxylic acids is 1. The molecule has 0 unspecified atom stereocenters. The van der Waals surface area contributed by atoms with Crippen molar-refractivity contribution >= 4 is 5.91 Å². The number of ether oxygens (including phenoxy) is 1. The van der Waals surface area contributed by atoms with Gasteiger partial charge >= 0.3 is 0 Å². The predicted octanol–water partition coefficient (Wildman–Crippen LogP) is 2.09. The minimum Gasteiger partial charge on any atom is -0.494 e. The van der Waals surface area contributed by atoms with Crippen LogP contribution in [0.4, 0.5) is 0 Å². The van der Waals surface area contributed by atoms with Crippen LogP contribution in [0.25, 0.3) is 0 Å². The van der Waals surface area contributed by atoms with Crippen LogP contribution in [-0.2, 0) is 11.3 Å². The number of hydrogen-bond acceptors (Lipinski definition) is 3. The van der Waals surface area contributed by atoms with Crippen LogP contribution in [0.5, 0.6) is 5.75 Å². The van der Waals surface area contributed by atoms with E-state index in [1.807, 2.05) is 31.2 Å². The zero-order chi connectivity index (χ0) is 14.4. The van der Waals surface area contributed by atoms with Gasteiger partial charge in [-0.05, 0) is 39.3 Å². The average molecular weight is 276 g/mol. The van der Waals surface area contributed by atoms with E-state index in [9.17, 15) is 4.79 Å². The van der Waals surface area contributed by atoms with Gasteiger partial charge in [0.1, 0.15) is 5.75 Å². The molecule has 110 valence electrons. The molecule has 1 fully saturated rings. The Hall–Kier alpha value is -1.55. The van der Waals surface area contributed by atoms with Gasteiger partial charge in [-0.25, -0.2) is 0 Å². The summed E-state index contributed by atoms with van der Waals surface area (Å²) >= 11 is 0. The molecule has 0 aliphatic carbocycles. The van der Waals surface area contributed by atoms with Crippen molar-refractivity contribution in [1.82, 2.24) is 10.6 Å². The molecule has 20 heavy (non-hydrogen) atoms. The Morgan fingerprint density at radius 1 is 1.45 bits per heavy atom. The van der Waals surface area contributed by atoms with Crippen molar-refractivity contribution in [2.45, 2.75) is 39.3 Å². The number of benzene rings is 1. The molecule has 0 spiro atoms. The van der Waals surface area contributed by atoms with Crippen molar-refractivity contribution < 1.29 is 9.53 Å². The second kappa shape index (κ2) is 7.29. The molecule has 2 N–H and O–H groups in total. The molecule has 1 aliphatic heterocycles. The molecule has 1 aromatic rings. The molecule has 0 bridgehead atoms. The van der Waals surface area contributed by atoms with E-state index in [1.165, 1.54) is 0 Å². The highest BCUT2D eigenvalue weighted by Crippen LogP contribution is 2.19. The number of para-hydroxylation sites is 1. The van der Waals surface area contributed by atoms with Crippen molar-refractivity contribution in [3.05, 3.63) is 29.8 Å². The van der Waals surface area contributed by atoms with Crippen molar-refractivity contribution in [1.29, 1.82) is 0 Å². The van der Waals surface area contributed by atoms with Gasteiger partial charge in [-0.1, -0.05) is 18.2 Å². The summed E-state index contributed by atoms with van der Waals surface area (Å²) < 4.78 is 5.57. The smallest absolute Gasteiger partial charge is 0.223 e. The zero-order valence-electron chi connectivity index (χ0n) is 12.3. The predicted molar refractivity (Wildman–Crippen MR) is 79.6 cm³/mol. The maximum Gasteiger partial charge on any atom is 0.223 e. The highest BCUT2D eigenvalue weighted by atomic mass is 16.5. The summed E-state index contributed by atoms with van der Waals surface area (Å²) in [5.74, 6) is 1.14. The van der Waals surface area contributed by atoms with Gasteiger partial charge in [0, 0.05) is 24.1 Å². The molecule has 2 rings (SSSR count). The molecular weight excluding hydrogens is 252 g/mol. The van der Waals surface area contributed by atoms with Crippen LogP contribution in [0, 0.1) is 5.92 Å². The summed E-state index contributed by atoms with van der Waals surface area (Å²) in [5, 5.41) is 6.41. The van der Waals surface area contributed by atoms with Gasteiger partial charge in [0.05, 0.1) is 6.61 Å². The highest BCUT2D eigenvalue weighted by molar-refractivity contribution is 5.78. The van der Waals surface area contributed by atoms with Crippen LogP contribution in [0.3, 0.4) is 0 Å². The summed E-state index contributed by atoms with van der Waals surface area (Å²) in [4.78, 5) is 12.2. The molecular formula is C16H24N2O2. The number of amides is 1. The first-order valence-electron chi connectivity index (χ1n) is 7.42. The molecule has 0 saturated carbocycles. The lowest BCUT2D eigenvalue weighted by Crippen LogP contribution is -2.42. The maximum absolute atomic E-state index is 12.2. The molecule has 1 heterocycles. The molecule has 4 nitrogen and oxygen atoms in total. The normalized spacial score (nSPS) is 22.3. The summed E-state index contributed by atoms with van der Waals surface area (Å²) in [7, 11) is 0. The van der Waals surface area contributed by atoms with Crippen LogP contribution < -0.4 is 15.4 Å². The fraction of sp³-hybridized carbons (Fsp3) is 0.562. The van der Waals surface area contributed by atoms with E-state index in [2.05, 4.69) is 17.6 Å². The molecule has 2 atom stereocenters. The van der Waals surface area contributed by atoms with Crippen molar-refractivity contribution in [2.75, 3.05) is 13.2 Å². The van der Waals surface area contributed by atoms with Gasteiger partial charge in [-0.3, -0.25) is 4.79 Å². The third kappa shape index (κ3) is 3.97. The summed E-state index contributed by atoms with van der Waals surface area (Å²) in [6.07, 6.45) is 1.84. The highest BCUT2D eigenvalue weighted by Gasteiger charge is 2.24. The first-order valence-corrected chi connectivity index (χ1v) is 7.42. The quantitative estimate of drug-likeness (QED) is 0.866. The first-order chi connectivity index (χ1) is 9.70. The lowest BCUT2D eigenvalue weighted by Gasteiger charge is -2.27. The van der Waals surface area contributed by atoms with Crippen LogP contribution in [0.1, 0.15) is 32.3 Å². The largest absolute Gasteiger partial charge is 0.494 e. The number of piperidine rings is 1. The van der Waals surface area contributed by atoms with Gasteiger partial charge in [0.25, 0.3) is 0 Å². The Morgan fingerprint density at radius 2 is 2.25 bits per heavy atom. The molecule has 1 saturated heterocycles. The number of carbonyl (C=O) groups is 1. The molecule has 0 aromatic heterocycles. The molecule has 4 heteroatoms. The van der Waals surface area contributed by atoms with E-state index < -0.39 is 0 Å². The number of nitrogens with one attached hydrogen (secondary N) is 2. The Bertz CT molecular complexity index is 448. The van der Waals surface area contributed by atoms with Gasteiger partial charge in [0.15, 0.2) is 0 Å². The number of rotatable bonds is 5. The fourth-order valence-electron chi connectivity index (χ4n) is 2.64. The van der Waals surface area contributed by atoms with Gasteiger partial charge in [-0.2, -0.15) is 0 Å². The monoisotopic (exact) mass is 276 g/mol. The third-order valence-corrected chi connectivity index (χ3v) is 3.72. The Balaban J connectivity index is 1.89. The summed E-state index contributed by atoms with van der Waals surface area (Å²) in [6.45, 7) is 6.19. The Kier molecular flexibility index (Phi) is 5.41. The van der Waals surface area contributed by atoms with E-state index in [0.29, 0.717) is 19.2 Å². The maximum atomic E-state index is 12.2. The second-order valence-corrected chi connectivity index (χ2v) is 5.34. The third-order valence-electron chi connectivity index (χ3n) is 3.72.